The predicted octanol–water partition coefficient (Wildman–Crippen LogP) is 0.848. The van der Waals surface area contributed by atoms with Gasteiger partial charge >= 0.3 is 0 Å². The van der Waals surface area contributed by atoms with E-state index in [0.717, 1.165) is 6.08 Å². The van der Waals surface area contributed by atoms with Gasteiger partial charge in [0, 0.05) is 23.9 Å². The van der Waals surface area contributed by atoms with E-state index in [4.69, 9.17) is 0 Å². The van der Waals surface area contributed by atoms with Crippen LogP contribution in [0.3, 0.4) is 0 Å². The molecule has 0 fully saturated rings. The molecule has 2 amide bonds. The van der Waals surface area contributed by atoms with Gasteiger partial charge in [0.05, 0.1) is 0 Å². The van der Waals surface area contributed by atoms with Gasteiger partial charge in [-0.05, 0) is 18.2 Å². The number of nitrogens with one attached hydrogen (secondary N) is 2. The highest BCUT2D eigenvalue weighted by atomic mass is 19.1. The fourth-order valence-corrected chi connectivity index (χ4v) is 1.73. The van der Waals surface area contributed by atoms with Crippen molar-refractivity contribution in [3.8, 4) is 0 Å². The van der Waals surface area contributed by atoms with Crippen LogP contribution in [-0.4, -0.2) is 16.4 Å². The molecule has 1 aromatic carbocycles. The average molecular weight is 315 g/mol. The minimum atomic E-state index is -0.623. The molecular weight excluding hydrogens is 301 g/mol. The number of pyridine rings is 1. The standard InChI is InChI=1S/C16H14FN3O3/c17-13-6-2-1-5-12(13)8-9-14(21)18-19-15(22)11-20-10-4-3-7-16(20)23/h1-10H,11H2,(H,18,21)(H,19,22)/b9-8+. The maximum absolute atomic E-state index is 13.3. The van der Waals surface area contributed by atoms with Crippen molar-refractivity contribution in [2.45, 2.75) is 6.54 Å². The number of rotatable bonds is 4. The first-order valence-electron chi connectivity index (χ1n) is 6.73. The van der Waals surface area contributed by atoms with Crippen LogP contribution < -0.4 is 16.4 Å². The summed E-state index contributed by atoms with van der Waals surface area (Å²) in [6.07, 6.45) is 3.84. The summed E-state index contributed by atoms with van der Waals surface area (Å²) in [5.74, 6) is -1.64. The lowest BCUT2D eigenvalue weighted by molar-refractivity contribution is -0.127. The van der Waals surface area contributed by atoms with Crippen molar-refractivity contribution in [3.05, 3.63) is 76.5 Å². The van der Waals surface area contributed by atoms with Crippen LogP contribution in [0.15, 0.2) is 59.5 Å². The van der Waals surface area contributed by atoms with Crippen LogP contribution in [0.2, 0.25) is 0 Å². The quantitative estimate of drug-likeness (QED) is 0.648. The summed E-state index contributed by atoms with van der Waals surface area (Å²) in [4.78, 5) is 34.6. The number of nitrogens with zero attached hydrogens (tertiary/aromatic N) is 1. The number of hydrogen-bond donors (Lipinski definition) is 2. The number of hydrogen-bond acceptors (Lipinski definition) is 3. The van der Waals surface area contributed by atoms with E-state index in [9.17, 15) is 18.8 Å². The van der Waals surface area contributed by atoms with Gasteiger partial charge in [-0.1, -0.05) is 24.3 Å². The molecule has 2 rings (SSSR count). The number of hydrazine groups is 1. The topological polar surface area (TPSA) is 80.2 Å². The Morgan fingerprint density at radius 2 is 1.83 bits per heavy atom. The zero-order valence-corrected chi connectivity index (χ0v) is 12.0. The molecule has 6 nitrogen and oxygen atoms in total. The number of amides is 2. The Bertz CT molecular complexity index is 799. The van der Waals surface area contributed by atoms with Crippen LogP contribution in [0.4, 0.5) is 4.39 Å². The van der Waals surface area contributed by atoms with E-state index in [1.165, 1.54) is 35.0 Å². The third-order valence-electron chi connectivity index (χ3n) is 2.86. The van der Waals surface area contributed by atoms with Crippen molar-refractivity contribution in [2.75, 3.05) is 0 Å². The van der Waals surface area contributed by atoms with Crippen LogP contribution in [0.25, 0.3) is 6.08 Å². The van der Waals surface area contributed by atoms with Gasteiger partial charge in [-0.15, -0.1) is 0 Å². The highest BCUT2D eigenvalue weighted by Gasteiger charge is 2.04. The van der Waals surface area contributed by atoms with Gasteiger partial charge in [0.1, 0.15) is 12.4 Å². The molecule has 2 N–H and O–H groups in total. The SMILES string of the molecule is O=C(/C=C/c1ccccc1F)NNC(=O)Cn1ccccc1=O. The van der Waals surface area contributed by atoms with E-state index < -0.39 is 17.6 Å². The normalized spacial score (nSPS) is 10.5. The lowest BCUT2D eigenvalue weighted by atomic mass is 10.2. The summed E-state index contributed by atoms with van der Waals surface area (Å²) < 4.78 is 14.5. The Hall–Kier alpha value is -3.22. The van der Waals surface area contributed by atoms with Gasteiger partial charge in [0.25, 0.3) is 17.4 Å². The first-order valence-corrected chi connectivity index (χ1v) is 6.73. The van der Waals surface area contributed by atoms with Gasteiger partial charge in [-0.3, -0.25) is 25.2 Å². The molecule has 1 heterocycles. The van der Waals surface area contributed by atoms with Gasteiger partial charge < -0.3 is 4.57 Å². The third-order valence-corrected chi connectivity index (χ3v) is 2.86. The Morgan fingerprint density at radius 1 is 1.09 bits per heavy atom. The van der Waals surface area contributed by atoms with Crippen molar-refractivity contribution in [3.63, 3.8) is 0 Å². The molecule has 0 aliphatic carbocycles. The minimum absolute atomic E-state index is 0.225. The van der Waals surface area contributed by atoms with Crippen LogP contribution in [-0.2, 0) is 16.1 Å². The largest absolute Gasteiger partial charge is 0.306 e. The summed E-state index contributed by atoms with van der Waals surface area (Å²) in [7, 11) is 0. The summed E-state index contributed by atoms with van der Waals surface area (Å²) >= 11 is 0. The number of aromatic nitrogens is 1. The van der Waals surface area contributed by atoms with E-state index in [0.29, 0.717) is 0 Å². The molecule has 0 bridgehead atoms. The number of carbonyl (C=O) groups excluding carboxylic acids is 2. The van der Waals surface area contributed by atoms with Crippen molar-refractivity contribution >= 4 is 17.9 Å². The minimum Gasteiger partial charge on any atom is -0.306 e. The Kier molecular flexibility index (Phi) is 5.40. The van der Waals surface area contributed by atoms with Crippen molar-refractivity contribution in [1.29, 1.82) is 0 Å². The maximum Gasteiger partial charge on any atom is 0.262 e. The molecule has 0 aliphatic heterocycles. The average Bonchev–Trinajstić information content (AvgIpc) is 2.54. The number of halogens is 1. The summed E-state index contributed by atoms with van der Waals surface area (Å²) in [6.45, 7) is -0.225. The molecule has 0 unspecified atom stereocenters. The second kappa shape index (κ2) is 7.69. The molecule has 23 heavy (non-hydrogen) atoms. The second-order valence-corrected chi connectivity index (χ2v) is 4.56. The lowest BCUT2D eigenvalue weighted by Crippen LogP contribution is -2.43. The van der Waals surface area contributed by atoms with E-state index in [-0.39, 0.29) is 17.7 Å². The highest BCUT2D eigenvalue weighted by molar-refractivity contribution is 5.93. The van der Waals surface area contributed by atoms with Crippen molar-refractivity contribution in [2.24, 2.45) is 0 Å². The number of benzene rings is 1. The van der Waals surface area contributed by atoms with E-state index >= 15 is 0 Å². The molecule has 0 saturated carbocycles. The van der Waals surface area contributed by atoms with Crippen molar-refractivity contribution in [1.82, 2.24) is 15.4 Å². The molecule has 2 aromatic rings. The van der Waals surface area contributed by atoms with Gasteiger partial charge in [-0.25, -0.2) is 4.39 Å². The zero-order valence-electron chi connectivity index (χ0n) is 12.0. The summed E-state index contributed by atoms with van der Waals surface area (Å²) in [5.41, 5.74) is 4.24. The molecule has 0 aliphatic rings. The van der Waals surface area contributed by atoms with Crippen LogP contribution >= 0.6 is 0 Å². The Labute approximate surface area is 131 Å². The Morgan fingerprint density at radius 3 is 2.57 bits per heavy atom. The molecule has 0 spiro atoms. The molecular formula is C16H14FN3O3. The first kappa shape index (κ1) is 16.2. The smallest absolute Gasteiger partial charge is 0.262 e. The molecule has 7 heteroatoms. The van der Waals surface area contributed by atoms with E-state index in [1.54, 1.807) is 24.3 Å². The monoisotopic (exact) mass is 315 g/mol. The molecule has 0 radical (unpaired) electrons. The predicted molar refractivity (Wildman–Crippen MR) is 82.4 cm³/mol. The summed E-state index contributed by atoms with van der Waals surface area (Å²) in [6, 6.07) is 10.5. The molecule has 0 atom stereocenters. The fourth-order valence-electron chi connectivity index (χ4n) is 1.73. The molecule has 1 aromatic heterocycles. The van der Waals surface area contributed by atoms with Crippen LogP contribution in [0.5, 0.6) is 0 Å². The second-order valence-electron chi connectivity index (χ2n) is 4.56. The van der Waals surface area contributed by atoms with Crippen molar-refractivity contribution < 1.29 is 14.0 Å². The molecule has 118 valence electrons. The highest BCUT2D eigenvalue weighted by Crippen LogP contribution is 2.07. The third kappa shape index (κ3) is 4.92. The number of carbonyl (C=O) groups is 2. The molecule has 0 saturated heterocycles. The fraction of sp³-hybridized carbons (Fsp3) is 0.0625. The van der Waals surface area contributed by atoms with E-state index in [1.807, 2.05) is 0 Å². The van der Waals surface area contributed by atoms with Gasteiger partial charge in [0.2, 0.25) is 0 Å². The van der Waals surface area contributed by atoms with Crippen LogP contribution in [0, 0.1) is 5.82 Å². The van der Waals surface area contributed by atoms with Crippen LogP contribution in [0.1, 0.15) is 5.56 Å². The first-order chi connectivity index (χ1) is 11.1. The Balaban J connectivity index is 1.85. The van der Waals surface area contributed by atoms with E-state index in [2.05, 4.69) is 10.9 Å². The summed E-state index contributed by atoms with van der Waals surface area (Å²) in [5, 5.41) is 0. The van der Waals surface area contributed by atoms with Gasteiger partial charge in [-0.2, -0.15) is 0 Å². The van der Waals surface area contributed by atoms with Gasteiger partial charge in [0.15, 0.2) is 0 Å². The lowest BCUT2D eigenvalue weighted by Gasteiger charge is -2.07. The zero-order chi connectivity index (χ0) is 16.7. The maximum atomic E-state index is 13.3.